The number of phenolic OH excluding ortho intramolecular Hbond substituents is 1. The van der Waals surface area contributed by atoms with E-state index in [1.807, 2.05) is 0 Å². The Morgan fingerprint density at radius 1 is 1.28 bits per heavy atom. The summed E-state index contributed by atoms with van der Waals surface area (Å²) in [6.07, 6.45) is 0.925. The SMILES string of the molecule is O=c1n(-c2ccc(O)cc2)nc2n1CCCNC2. The maximum Gasteiger partial charge on any atom is 0.350 e. The maximum absolute atomic E-state index is 12.2. The zero-order valence-corrected chi connectivity index (χ0v) is 9.83. The minimum absolute atomic E-state index is 0.126. The number of hydrogen-bond donors (Lipinski definition) is 2. The number of benzene rings is 1. The lowest BCUT2D eigenvalue weighted by molar-refractivity contribution is 0.475. The van der Waals surface area contributed by atoms with E-state index in [9.17, 15) is 9.90 Å². The molecule has 1 aromatic heterocycles. The Balaban J connectivity index is 2.08. The molecule has 3 rings (SSSR count). The number of aromatic hydroxyl groups is 1. The largest absolute Gasteiger partial charge is 0.508 e. The second kappa shape index (κ2) is 4.30. The molecule has 2 aromatic rings. The van der Waals surface area contributed by atoms with Crippen molar-refractivity contribution in [2.45, 2.75) is 19.5 Å². The van der Waals surface area contributed by atoms with Crippen LogP contribution in [-0.4, -0.2) is 26.0 Å². The fourth-order valence-corrected chi connectivity index (χ4v) is 2.12. The zero-order chi connectivity index (χ0) is 12.5. The minimum Gasteiger partial charge on any atom is -0.508 e. The molecular weight excluding hydrogens is 232 g/mol. The average Bonchev–Trinajstić information content (AvgIpc) is 2.57. The molecule has 94 valence electrons. The summed E-state index contributed by atoms with van der Waals surface area (Å²) in [5.41, 5.74) is 0.540. The fraction of sp³-hybridized carbons (Fsp3) is 0.333. The smallest absolute Gasteiger partial charge is 0.350 e. The highest BCUT2D eigenvalue weighted by Gasteiger charge is 2.15. The maximum atomic E-state index is 12.2. The molecule has 0 amide bonds. The first kappa shape index (κ1) is 11.0. The summed E-state index contributed by atoms with van der Waals surface area (Å²) in [6, 6.07) is 6.45. The number of fused-ring (bicyclic) bond motifs is 1. The lowest BCUT2D eigenvalue weighted by atomic mass is 10.3. The van der Waals surface area contributed by atoms with Gasteiger partial charge in [0.25, 0.3) is 0 Å². The van der Waals surface area contributed by atoms with E-state index in [0.717, 1.165) is 18.8 Å². The van der Waals surface area contributed by atoms with Crippen LogP contribution in [0.3, 0.4) is 0 Å². The lowest BCUT2D eigenvalue weighted by Crippen LogP contribution is -2.24. The highest BCUT2D eigenvalue weighted by Crippen LogP contribution is 2.12. The number of rotatable bonds is 1. The van der Waals surface area contributed by atoms with Gasteiger partial charge in [-0.25, -0.2) is 4.79 Å². The van der Waals surface area contributed by atoms with Crippen LogP contribution >= 0.6 is 0 Å². The quantitative estimate of drug-likeness (QED) is 0.755. The van der Waals surface area contributed by atoms with Crippen LogP contribution in [-0.2, 0) is 13.1 Å². The minimum atomic E-state index is -0.126. The number of aromatic nitrogens is 3. The van der Waals surface area contributed by atoms with E-state index in [-0.39, 0.29) is 11.4 Å². The molecule has 0 saturated carbocycles. The van der Waals surface area contributed by atoms with Crippen LogP contribution < -0.4 is 11.0 Å². The first-order valence-corrected chi connectivity index (χ1v) is 5.94. The van der Waals surface area contributed by atoms with E-state index in [2.05, 4.69) is 10.4 Å². The first-order valence-electron chi connectivity index (χ1n) is 5.94. The Labute approximate surface area is 103 Å². The van der Waals surface area contributed by atoms with Crippen LogP contribution in [0.2, 0.25) is 0 Å². The van der Waals surface area contributed by atoms with E-state index in [1.54, 1.807) is 28.8 Å². The molecule has 0 aliphatic carbocycles. The van der Waals surface area contributed by atoms with Gasteiger partial charge in [0.15, 0.2) is 0 Å². The van der Waals surface area contributed by atoms with Gasteiger partial charge in [-0.15, -0.1) is 5.10 Å². The molecule has 6 heteroatoms. The average molecular weight is 246 g/mol. The van der Waals surface area contributed by atoms with Crippen molar-refractivity contribution >= 4 is 0 Å². The molecule has 2 heterocycles. The van der Waals surface area contributed by atoms with Gasteiger partial charge in [-0.05, 0) is 37.2 Å². The molecule has 0 unspecified atom stereocenters. The molecule has 0 atom stereocenters. The third kappa shape index (κ3) is 1.80. The Hall–Kier alpha value is -2.08. The van der Waals surface area contributed by atoms with E-state index >= 15 is 0 Å². The Morgan fingerprint density at radius 3 is 2.83 bits per heavy atom. The summed E-state index contributed by atoms with van der Waals surface area (Å²) >= 11 is 0. The van der Waals surface area contributed by atoms with Gasteiger partial charge in [0.1, 0.15) is 11.6 Å². The molecule has 2 N–H and O–H groups in total. The van der Waals surface area contributed by atoms with Crippen LogP contribution in [0.15, 0.2) is 29.1 Å². The van der Waals surface area contributed by atoms with Crippen LogP contribution in [0.4, 0.5) is 0 Å². The molecule has 0 bridgehead atoms. The van der Waals surface area contributed by atoms with Gasteiger partial charge in [-0.3, -0.25) is 4.57 Å². The third-order valence-electron chi connectivity index (χ3n) is 3.05. The molecule has 1 aromatic carbocycles. The normalized spacial score (nSPS) is 15.1. The summed E-state index contributed by atoms with van der Waals surface area (Å²) in [6.45, 7) is 2.21. The van der Waals surface area contributed by atoms with Crippen molar-refractivity contribution in [3.63, 3.8) is 0 Å². The summed E-state index contributed by atoms with van der Waals surface area (Å²) < 4.78 is 3.08. The fourth-order valence-electron chi connectivity index (χ4n) is 2.12. The van der Waals surface area contributed by atoms with Crippen molar-refractivity contribution in [3.8, 4) is 11.4 Å². The van der Waals surface area contributed by atoms with Crippen molar-refractivity contribution in [3.05, 3.63) is 40.6 Å². The predicted octanol–water partition coefficient (Wildman–Crippen LogP) is 0.233. The Morgan fingerprint density at radius 2 is 2.06 bits per heavy atom. The standard InChI is InChI=1S/C12H14N4O2/c17-10-4-2-9(3-5-10)16-12(18)15-7-1-6-13-8-11(15)14-16/h2-5,13,17H,1,6-8H2. The summed E-state index contributed by atoms with van der Waals surface area (Å²) in [5.74, 6) is 0.930. The monoisotopic (exact) mass is 246 g/mol. The van der Waals surface area contributed by atoms with Crippen molar-refractivity contribution in [1.82, 2.24) is 19.7 Å². The zero-order valence-electron chi connectivity index (χ0n) is 9.83. The highest BCUT2D eigenvalue weighted by molar-refractivity contribution is 5.35. The summed E-state index contributed by atoms with van der Waals surface area (Å²) in [4.78, 5) is 12.2. The Kier molecular flexibility index (Phi) is 2.64. The molecule has 0 fully saturated rings. The molecule has 18 heavy (non-hydrogen) atoms. The van der Waals surface area contributed by atoms with Gasteiger partial charge in [0, 0.05) is 6.54 Å². The van der Waals surface area contributed by atoms with Crippen molar-refractivity contribution in [2.24, 2.45) is 0 Å². The van der Waals surface area contributed by atoms with Gasteiger partial charge in [0.05, 0.1) is 12.2 Å². The lowest BCUT2D eigenvalue weighted by Gasteiger charge is -2.00. The molecule has 6 nitrogen and oxygen atoms in total. The molecule has 0 saturated heterocycles. The first-order chi connectivity index (χ1) is 8.75. The van der Waals surface area contributed by atoms with Gasteiger partial charge >= 0.3 is 5.69 Å². The van der Waals surface area contributed by atoms with Gasteiger partial charge in [-0.2, -0.15) is 4.68 Å². The second-order valence-electron chi connectivity index (χ2n) is 4.31. The second-order valence-corrected chi connectivity index (χ2v) is 4.31. The van der Waals surface area contributed by atoms with E-state index < -0.39 is 0 Å². The van der Waals surface area contributed by atoms with Gasteiger partial charge in [0.2, 0.25) is 0 Å². The number of hydrogen-bond acceptors (Lipinski definition) is 4. The topological polar surface area (TPSA) is 72.1 Å². The van der Waals surface area contributed by atoms with E-state index in [0.29, 0.717) is 18.8 Å². The van der Waals surface area contributed by atoms with Crippen LogP contribution in [0.5, 0.6) is 5.75 Å². The van der Waals surface area contributed by atoms with Crippen molar-refractivity contribution in [2.75, 3.05) is 6.54 Å². The molecular formula is C12H14N4O2. The Bertz CT molecular complexity index is 612. The molecule has 1 aliphatic rings. The molecule has 1 aliphatic heterocycles. The van der Waals surface area contributed by atoms with Crippen LogP contribution in [0.1, 0.15) is 12.2 Å². The number of nitrogens with one attached hydrogen (secondary N) is 1. The number of nitrogens with zero attached hydrogens (tertiary/aromatic N) is 3. The van der Waals surface area contributed by atoms with E-state index in [4.69, 9.17) is 0 Å². The summed E-state index contributed by atoms with van der Waals surface area (Å²) in [5, 5.41) is 16.8. The molecule has 0 radical (unpaired) electrons. The van der Waals surface area contributed by atoms with Crippen LogP contribution in [0.25, 0.3) is 5.69 Å². The summed E-state index contributed by atoms with van der Waals surface area (Å²) in [7, 11) is 0. The predicted molar refractivity (Wildman–Crippen MR) is 65.8 cm³/mol. The van der Waals surface area contributed by atoms with Crippen LogP contribution in [0, 0.1) is 0 Å². The third-order valence-corrected chi connectivity index (χ3v) is 3.05. The van der Waals surface area contributed by atoms with E-state index in [1.165, 1.54) is 4.68 Å². The molecule has 0 spiro atoms. The van der Waals surface area contributed by atoms with Crippen molar-refractivity contribution < 1.29 is 5.11 Å². The number of phenols is 1. The van der Waals surface area contributed by atoms with Gasteiger partial charge in [-0.1, -0.05) is 0 Å². The van der Waals surface area contributed by atoms with Gasteiger partial charge < -0.3 is 10.4 Å². The van der Waals surface area contributed by atoms with Crippen molar-refractivity contribution in [1.29, 1.82) is 0 Å². The highest BCUT2D eigenvalue weighted by atomic mass is 16.3.